The van der Waals surface area contributed by atoms with E-state index in [-0.39, 0.29) is 75.6 Å². The maximum atomic E-state index is 14.0. The highest BCUT2D eigenvalue weighted by atomic mass is 32.2. The van der Waals surface area contributed by atoms with Crippen LogP contribution in [0.5, 0.6) is 0 Å². The number of halogens is 6. The van der Waals surface area contributed by atoms with Gasteiger partial charge in [0.25, 0.3) is 11.8 Å². The molecule has 6 fully saturated rings. The lowest BCUT2D eigenvalue weighted by Crippen LogP contribution is -2.57. The average molecular weight is 1470 g/mol. The van der Waals surface area contributed by atoms with Crippen LogP contribution in [0, 0.1) is 40.9 Å². The number of fused-ring (bicyclic) bond motifs is 2. The first-order valence-electron chi connectivity index (χ1n) is 32.8. The molecule has 3 unspecified atom stereocenters. The zero-order chi connectivity index (χ0) is 70.9. The first-order valence-corrected chi connectivity index (χ1v) is 41.0. The summed E-state index contributed by atoms with van der Waals surface area (Å²) in [7, 11) is -15.2. The lowest BCUT2D eigenvalue weighted by atomic mass is 9.49. The van der Waals surface area contributed by atoms with Gasteiger partial charge in [0.1, 0.15) is 31.7 Å². The summed E-state index contributed by atoms with van der Waals surface area (Å²) in [6.07, 6.45) is 5.72. The third-order valence-electron chi connectivity index (χ3n) is 18.3. The van der Waals surface area contributed by atoms with Gasteiger partial charge >= 0.3 is 5.25 Å². The number of rotatable bonds is 17. The van der Waals surface area contributed by atoms with Crippen LogP contribution in [0.15, 0.2) is 317 Å². The van der Waals surface area contributed by atoms with Gasteiger partial charge in [0.15, 0.2) is 54.2 Å². The summed E-state index contributed by atoms with van der Waals surface area (Å²) in [6, 6.07) is 96.5. The van der Waals surface area contributed by atoms with Crippen LogP contribution in [-0.4, -0.2) is 67.5 Å². The lowest BCUT2D eigenvalue weighted by Gasteiger charge is -2.58. The summed E-state index contributed by atoms with van der Waals surface area (Å²) in [6.45, 7) is 1.12. The molecule has 99 heavy (non-hydrogen) atoms. The smallest absolute Gasteiger partial charge is 0.339 e. The number of hydrogen-bond donors (Lipinski definition) is 0. The SMILES string of the molecule is CCC(F)(F)CS(=O)(=O)[O-].O=S(=O)([O-])C(F)(F)C12CC3CC(CC(C3)C1)C2.O=S(=O)([O-])CC(F)(F)C1CC2CCC1C2.c1ccc([S+](c2ccccc2)c2ccccc2)cc1.c1ccc([S+](c2ccccc2)c2ccccc2)cc1.c1ccc([S+](c2ccccc2)c2ccccc2)cc1. The number of benzene rings is 9. The van der Waals surface area contributed by atoms with Crippen molar-refractivity contribution in [2.75, 3.05) is 11.5 Å². The molecule has 21 heteroatoms. The average Bonchev–Trinajstić information content (AvgIpc) is 1.39. The summed E-state index contributed by atoms with van der Waals surface area (Å²) in [5.41, 5.74) is -1.55. The minimum atomic E-state index is -5.55. The second-order valence-electron chi connectivity index (χ2n) is 25.6. The first kappa shape index (κ1) is 76.5. The minimum Gasteiger partial charge on any atom is -0.748 e. The van der Waals surface area contributed by atoms with Gasteiger partial charge in [-0.05, 0) is 197 Å². The van der Waals surface area contributed by atoms with Gasteiger partial charge < -0.3 is 13.7 Å². The van der Waals surface area contributed by atoms with Crippen LogP contribution >= 0.6 is 0 Å². The summed E-state index contributed by atoms with van der Waals surface area (Å²) < 4.78 is 172. The van der Waals surface area contributed by atoms with Gasteiger partial charge in [0.2, 0.25) is 0 Å². The van der Waals surface area contributed by atoms with E-state index in [1.54, 1.807) is 0 Å². The van der Waals surface area contributed by atoms with E-state index in [4.69, 9.17) is 0 Å². The molecular formula is C78H80F6O9S6. The largest absolute Gasteiger partial charge is 0.748 e. The van der Waals surface area contributed by atoms with Crippen molar-refractivity contribution >= 4 is 63.0 Å². The van der Waals surface area contributed by atoms with Crippen molar-refractivity contribution in [3.05, 3.63) is 273 Å². The quantitative estimate of drug-likeness (QED) is 0.0489. The fraction of sp³-hybridized carbons (Fsp3) is 0.308. The van der Waals surface area contributed by atoms with Crippen LogP contribution in [0.1, 0.15) is 77.6 Å². The summed E-state index contributed by atoms with van der Waals surface area (Å²) in [5.74, 6) is -9.88. The molecule has 6 aliphatic rings. The Bertz CT molecular complexity index is 3670. The molecule has 0 N–H and O–H groups in total. The maximum absolute atomic E-state index is 14.0. The van der Waals surface area contributed by atoms with Gasteiger partial charge in [-0.3, -0.25) is 0 Å². The zero-order valence-corrected chi connectivity index (χ0v) is 59.4. The van der Waals surface area contributed by atoms with Crippen LogP contribution in [-0.2, 0) is 63.0 Å². The van der Waals surface area contributed by atoms with Gasteiger partial charge in [0, 0.05) is 17.8 Å². The molecule has 6 bridgehead atoms. The fourth-order valence-corrected chi connectivity index (χ4v) is 22.9. The molecule has 9 aromatic carbocycles. The van der Waals surface area contributed by atoms with E-state index in [0.717, 1.165) is 45.4 Å². The molecule has 0 spiro atoms. The highest BCUT2D eigenvalue weighted by molar-refractivity contribution is 7.97. The molecule has 0 aliphatic heterocycles. The Kier molecular flexibility index (Phi) is 26.5. The molecule has 3 atom stereocenters. The van der Waals surface area contributed by atoms with Gasteiger partial charge in [0.05, 0.1) is 32.7 Å². The van der Waals surface area contributed by atoms with Crippen molar-refractivity contribution in [3.8, 4) is 0 Å². The van der Waals surface area contributed by atoms with Crippen molar-refractivity contribution < 1.29 is 65.3 Å². The molecule has 15 rings (SSSR count). The third-order valence-corrected chi connectivity index (χ3v) is 27.6. The maximum Gasteiger partial charge on any atom is 0.339 e. The summed E-state index contributed by atoms with van der Waals surface area (Å²) in [4.78, 5) is 12.2. The van der Waals surface area contributed by atoms with E-state index >= 15 is 0 Å². The van der Waals surface area contributed by atoms with E-state index in [2.05, 4.69) is 273 Å². The Labute approximate surface area is 588 Å². The fourth-order valence-electron chi connectivity index (χ4n) is 14.4. The highest BCUT2D eigenvalue weighted by Gasteiger charge is 2.65. The molecule has 6 saturated carbocycles. The van der Waals surface area contributed by atoms with Crippen LogP contribution in [0.2, 0.25) is 0 Å². The Morgan fingerprint density at radius 1 is 0.354 bits per heavy atom. The molecule has 0 radical (unpaired) electrons. The van der Waals surface area contributed by atoms with Gasteiger partial charge in [-0.25, -0.2) is 42.8 Å². The van der Waals surface area contributed by atoms with Crippen LogP contribution < -0.4 is 0 Å². The predicted molar refractivity (Wildman–Crippen MR) is 378 cm³/mol. The topological polar surface area (TPSA) is 172 Å². The second-order valence-corrected chi connectivity index (χ2v) is 35.9. The van der Waals surface area contributed by atoms with Gasteiger partial charge in [-0.2, -0.15) is 8.78 Å². The number of alkyl halides is 6. The van der Waals surface area contributed by atoms with Gasteiger partial charge in [-0.15, -0.1) is 0 Å². The Balaban J connectivity index is 0.000000140. The molecule has 0 amide bonds. The molecule has 524 valence electrons. The second kappa shape index (κ2) is 34.3. The van der Waals surface area contributed by atoms with Crippen molar-refractivity contribution in [2.24, 2.45) is 40.9 Å². The van der Waals surface area contributed by atoms with E-state index < -0.39 is 76.7 Å². The van der Waals surface area contributed by atoms with E-state index in [9.17, 15) is 65.3 Å². The van der Waals surface area contributed by atoms with Gasteiger partial charge in [-0.1, -0.05) is 177 Å². The van der Waals surface area contributed by atoms with E-state index in [1.807, 2.05) is 0 Å². The Hall–Kier alpha value is -6.66. The van der Waals surface area contributed by atoms with Crippen LogP contribution in [0.3, 0.4) is 0 Å². The minimum absolute atomic E-state index is 0.0146. The normalized spacial score (nSPS) is 20.7. The Morgan fingerprint density at radius 2 is 0.596 bits per heavy atom. The first-order chi connectivity index (χ1) is 47.1. The third kappa shape index (κ3) is 21.5. The molecule has 6 aliphatic carbocycles. The molecule has 0 aromatic heterocycles. The van der Waals surface area contributed by atoms with Crippen molar-refractivity contribution in [2.45, 2.75) is 139 Å². The molecule has 9 aromatic rings. The lowest BCUT2D eigenvalue weighted by molar-refractivity contribution is -0.161. The van der Waals surface area contributed by atoms with E-state index in [0.29, 0.717) is 12.3 Å². The van der Waals surface area contributed by atoms with Crippen molar-refractivity contribution in [1.29, 1.82) is 0 Å². The monoisotopic (exact) mass is 1470 g/mol. The molecular weight excluding hydrogens is 1390 g/mol. The summed E-state index contributed by atoms with van der Waals surface area (Å²) in [5, 5.41) is -4.09. The standard InChI is InChI=1S/3C18H15S.C11H16F2O3S.C9H14F2O3S.C4H8F2O3S/c3*1-4-10-16(11-5-1)19(17-12-6-2-7-13-17)18-14-8-3-9-15-18;12-11(13,17(14,15)16)10-4-7-1-8(5-10)3-9(2-7)6-10;10-9(11,5-15(12,13)14)8-4-6-1-2-7(8)3-6;1-2-4(5,6)3-10(7,8)9/h3*1-15H;7-9H,1-6H2,(H,14,15,16);6-8H,1-5H2,(H,12,13,14);2-3H2,1H3,(H,7,8,9)/q3*+1;;;/p-3. The van der Waals surface area contributed by atoms with E-state index in [1.165, 1.54) is 44.1 Å². The predicted octanol–water partition coefficient (Wildman–Crippen LogP) is 18.9. The highest BCUT2D eigenvalue weighted by Crippen LogP contribution is 2.66. The molecule has 9 nitrogen and oxygen atoms in total. The van der Waals surface area contributed by atoms with Crippen LogP contribution in [0.4, 0.5) is 26.3 Å². The molecule has 0 heterocycles. The number of hydrogen-bond acceptors (Lipinski definition) is 9. The molecule has 0 saturated heterocycles. The zero-order valence-electron chi connectivity index (χ0n) is 54.5. The van der Waals surface area contributed by atoms with Crippen molar-refractivity contribution in [3.63, 3.8) is 0 Å². The van der Waals surface area contributed by atoms with Crippen LogP contribution in [0.25, 0.3) is 0 Å². The Morgan fingerprint density at radius 3 is 0.768 bits per heavy atom. The van der Waals surface area contributed by atoms with Crippen molar-refractivity contribution in [1.82, 2.24) is 0 Å². The summed E-state index contributed by atoms with van der Waals surface area (Å²) >= 11 is 0.